The number of carbonyl (C=O) groups is 2. The second kappa shape index (κ2) is 5.40. The van der Waals surface area contributed by atoms with Gasteiger partial charge in [-0.15, -0.1) is 0 Å². The number of anilines is 1. The molecule has 1 saturated heterocycles. The molecule has 6 nitrogen and oxygen atoms in total. The first-order valence-corrected chi connectivity index (χ1v) is 5.96. The van der Waals surface area contributed by atoms with Crippen molar-refractivity contribution in [2.75, 3.05) is 31.1 Å². The van der Waals surface area contributed by atoms with Gasteiger partial charge in [0, 0.05) is 26.2 Å². The highest BCUT2D eigenvalue weighted by atomic mass is 16.2. The molecule has 0 radical (unpaired) electrons. The van der Waals surface area contributed by atoms with Crippen molar-refractivity contribution in [3.63, 3.8) is 0 Å². The Kier molecular flexibility index (Phi) is 3.66. The number of nitriles is 1. The van der Waals surface area contributed by atoms with E-state index in [1.807, 2.05) is 23.1 Å². The molecule has 1 aliphatic heterocycles. The number of amides is 2. The Balaban J connectivity index is 2.06. The first kappa shape index (κ1) is 12.9. The van der Waals surface area contributed by atoms with Crippen LogP contribution >= 0.6 is 0 Å². The van der Waals surface area contributed by atoms with Crippen molar-refractivity contribution in [1.82, 2.24) is 4.90 Å². The molecule has 19 heavy (non-hydrogen) atoms. The maximum atomic E-state index is 11.4. The summed E-state index contributed by atoms with van der Waals surface area (Å²) in [7, 11) is 0. The molecule has 0 saturated carbocycles. The molecule has 2 rings (SSSR count). The zero-order valence-electron chi connectivity index (χ0n) is 10.4. The SMILES string of the molecule is N#Cc1ccccc1N1CCN(C(=O)C(N)=O)CC1. The molecule has 2 N–H and O–H groups in total. The van der Waals surface area contributed by atoms with Crippen LogP contribution in [0.3, 0.4) is 0 Å². The number of rotatable bonds is 1. The van der Waals surface area contributed by atoms with Crippen molar-refractivity contribution in [3.05, 3.63) is 29.8 Å². The number of nitrogens with two attached hydrogens (primary N) is 1. The molecule has 6 heteroatoms. The Bertz CT molecular complexity index is 542. The first-order valence-electron chi connectivity index (χ1n) is 5.96. The third kappa shape index (κ3) is 2.65. The first-order chi connectivity index (χ1) is 9.13. The van der Waals surface area contributed by atoms with E-state index in [4.69, 9.17) is 11.0 Å². The van der Waals surface area contributed by atoms with Gasteiger partial charge in [0.15, 0.2) is 0 Å². The Morgan fingerprint density at radius 1 is 1.16 bits per heavy atom. The van der Waals surface area contributed by atoms with Gasteiger partial charge in [0.1, 0.15) is 6.07 Å². The van der Waals surface area contributed by atoms with E-state index in [0.717, 1.165) is 5.69 Å². The van der Waals surface area contributed by atoms with Gasteiger partial charge in [-0.05, 0) is 12.1 Å². The molecule has 1 fully saturated rings. The highest BCUT2D eigenvalue weighted by Gasteiger charge is 2.25. The lowest BCUT2D eigenvalue weighted by atomic mass is 10.1. The lowest BCUT2D eigenvalue weighted by molar-refractivity contribution is -0.144. The van der Waals surface area contributed by atoms with Gasteiger partial charge in [0.2, 0.25) is 0 Å². The topological polar surface area (TPSA) is 90.4 Å². The van der Waals surface area contributed by atoms with E-state index in [9.17, 15) is 9.59 Å². The number of benzene rings is 1. The Morgan fingerprint density at radius 2 is 1.79 bits per heavy atom. The number of piperazine rings is 1. The maximum Gasteiger partial charge on any atom is 0.311 e. The summed E-state index contributed by atoms with van der Waals surface area (Å²) in [6, 6.07) is 9.47. The van der Waals surface area contributed by atoms with Gasteiger partial charge in [0.05, 0.1) is 11.3 Å². The van der Waals surface area contributed by atoms with Crippen LogP contribution in [0.15, 0.2) is 24.3 Å². The van der Waals surface area contributed by atoms with Crippen molar-refractivity contribution in [3.8, 4) is 6.07 Å². The van der Waals surface area contributed by atoms with E-state index in [1.165, 1.54) is 4.90 Å². The van der Waals surface area contributed by atoms with Gasteiger partial charge in [-0.25, -0.2) is 0 Å². The molecule has 1 heterocycles. The molecule has 0 aliphatic carbocycles. The molecule has 1 aromatic rings. The molecular formula is C13H14N4O2. The van der Waals surface area contributed by atoms with Crippen LogP contribution in [0.25, 0.3) is 0 Å². The second-order valence-corrected chi connectivity index (χ2v) is 4.27. The van der Waals surface area contributed by atoms with E-state index < -0.39 is 11.8 Å². The fourth-order valence-electron chi connectivity index (χ4n) is 2.15. The average molecular weight is 258 g/mol. The summed E-state index contributed by atoms with van der Waals surface area (Å²) in [4.78, 5) is 25.7. The predicted octanol–water partition coefficient (Wildman–Crippen LogP) is -0.308. The Morgan fingerprint density at radius 3 is 2.37 bits per heavy atom. The minimum absolute atomic E-state index is 0.432. The van der Waals surface area contributed by atoms with Crippen LogP contribution in [0, 0.1) is 11.3 Å². The fraction of sp³-hybridized carbons (Fsp3) is 0.308. The summed E-state index contributed by atoms with van der Waals surface area (Å²) in [6.45, 7) is 2.03. The van der Waals surface area contributed by atoms with Crippen molar-refractivity contribution >= 4 is 17.5 Å². The molecule has 2 amide bonds. The zero-order valence-corrected chi connectivity index (χ0v) is 10.4. The smallest absolute Gasteiger partial charge is 0.311 e. The van der Waals surface area contributed by atoms with E-state index >= 15 is 0 Å². The zero-order chi connectivity index (χ0) is 13.8. The minimum Gasteiger partial charge on any atom is -0.367 e. The molecule has 0 bridgehead atoms. The second-order valence-electron chi connectivity index (χ2n) is 4.27. The molecule has 98 valence electrons. The van der Waals surface area contributed by atoms with Crippen molar-refractivity contribution in [1.29, 1.82) is 5.26 Å². The lowest BCUT2D eigenvalue weighted by Gasteiger charge is -2.35. The van der Waals surface area contributed by atoms with Gasteiger partial charge in [-0.2, -0.15) is 5.26 Å². The third-order valence-electron chi connectivity index (χ3n) is 3.14. The van der Waals surface area contributed by atoms with Crippen LogP contribution < -0.4 is 10.6 Å². The summed E-state index contributed by atoms with van der Waals surface area (Å²) in [5.74, 6) is -1.57. The monoisotopic (exact) mass is 258 g/mol. The molecule has 0 atom stereocenters. The number of hydrogen-bond acceptors (Lipinski definition) is 4. The largest absolute Gasteiger partial charge is 0.367 e. The van der Waals surface area contributed by atoms with Crippen LogP contribution in [-0.2, 0) is 9.59 Å². The highest BCUT2D eigenvalue weighted by molar-refractivity contribution is 6.34. The van der Waals surface area contributed by atoms with Gasteiger partial charge < -0.3 is 15.5 Å². The third-order valence-corrected chi connectivity index (χ3v) is 3.14. The molecule has 1 aromatic carbocycles. The summed E-state index contributed by atoms with van der Waals surface area (Å²) in [5, 5.41) is 9.06. The Labute approximate surface area is 111 Å². The maximum absolute atomic E-state index is 11.4. The molecule has 1 aliphatic rings. The molecule has 0 aromatic heterocycles. The van der Waals surface area contributed by atoms with Crippen LogP contribution in [-0.4, -0.2) is 42.9 Å². The van der Waals surface area contributed by atoms with Gasteiger partial charge in [-0.3, -0.25) is 9.59 Å². The number of carbonyl (C=O) groups excluding carboxylic acids is 2. The lowest BCUT2D eigenvalue weighted by Crippen LogP contribution is -2.52. The quantitative estimate of drug-likeness (QED) is 0.700. The minimum atomic E-state index is -0.925. The van der Waals surface area contributed by atoms with E-state index in [0.29, 0.717) is 31.7 Å². The summed E-state index contributed by atoms with van der Waals surface area (Å²) in [5.41, 5.74) is 6.44. The normalized spacial score (nSPS) is 14.9. The summed E-state index contributed by atoms with van der Waals surface area (Å²) < 4.78 is 0. The number of para-hydroxylation sites is 1. The van der Waals surface area contributed by atoms with Crippen LogP contribution in [0.4, 0.5) is 5.69 Å². The van der Waals surface area contributed by atoms with Crippen LogP contribution in [0.2, 0.25) is 0 Å². The average Bonchev–Trinajstić information content (AvgIpc) is 2.46. The van der Waals surface area contributed by atoms with Gasteiger partial charge >= 0.3 is 11.8 Å². The summed E-state index contributed by atoms with van der Waals surface area (Å²) in [6.07, 6.45) is 0. The van der Waals surface area contributed by atoms with Gasteiger partial charge in [-0.1, -0.05) is 12.1 Å². The van der Waals surface area contributed by atoms with Crippen molar-refractivity contribution < 1.29 is 9.59 Å². The Hall–Kier alpha value is -2.55. The van der Waals surface area contributed by atoms with Gasteiger partial charge in [0.25, 0.3) is 0 Å². The van der Waals surface area contributed by atoms with Crippen molar-refractivity contribution in [2.24, 2.45) is 5.73 Å². The van der Waals surface area contributed by atoms with E-state index in [1.54, 1.807) is 6.07 Å². The van der Waals surface area contributed by atoms with Crippen LogP contribution in [0.5, 0.6) is 0 Å². The predicted molar refractivity (Wildman–Crippen MR) is 69.1 cm³/mol. The van der Waals surface area contributed by atoms with E-state index in [-0.39, 0.29) is 0 Å². The molecule has 0 unspecified atom stereocenters. The molecule has 0 spiro atoms. The number of nitrogens with zero attached hydrogens (tertiary/aromatic N) is 3. The highest BCUT2D eigenvalue weighted by Crippen LogP contribution is 2.20. The van der Waals surface area contributed by atoms with E-state index in [2.05, 4.69) is 6.07 Å². The fourth-order valence-corrected chi connectivity index (χ4v) is 2.15. The summed E-state index contributed by atoms with van der Waals surface area (Å²) >= 11 is 0. The van der Waals surface area contributed by atoms with Crippen molar-refractivity contribution in [2.45, 2.75) is 0 Å². The standard InChI is InChI=1S/C13H14N4O2/c14-9-10-3-1-2-4-11(10)16-5-7-17(8-6-16)13(19)12(15)18/h1-4H,5-8H2,(H2,15,18). The number of hydrogen-bond donors (Lipinski definition) is 1. The molecular weight excluding hydrogens is 244 g/mol. The number of primary amides is 1. The van der Waals surface area contributed by atoms with Crippen LogP contribution in [0.1, 0.15) is 5.56 Å².